The molecule has 4 bridgehead atoms. The van der Waals surface area contributed by atoms with E-state index < -0.39 is 5.97 Å². The van der Waals surface area contributed by atoms with Crippen molar-refractivity contribution < 1.29 is 9.90 Å². The fourth-order valence-corrected chi connectivity index (χ4v) is 6.63. The molecule has 0 unspecified atom stereocenters. The van der Waals surface area contributed by atoms with Crippen LogP contribution >= 0.6 is 0 Å². The highest BCUT2D eigenvalue weighted by Gasteiger charge is 2.54. The average Bonchev–Trinajstić information content (AvgIpc) is 2.37. The second-order valence-electron chi connectivity index (χ2n) is 8.17. The lowest BCUT2D eigenvalue weighted by Gasteiger charge is -2.60. The molecule has 0 aromatic heterocycles. The SMILES string of the molecule is O=C(O)C1CCC(C23CC4CC(CC(C4)C2)C3)CC1. The molecule has 0 spiro atoms. The standard InChI is InChI=1S/C17H26O2/c18-16(19)14-1-3-15(4-2-14)17-8-11-5-12(9-17)7-13(6-11)10-17/h11-15H,1-10H2,(H,18,19). The molecule has 0 aromatic carbocycles. The lowest BCUT2D eigenvalue weighted by atomic mass is 9.45. The first-order valence-corrected chi connectivity index (χ1v) is 8.37. The molecule has 0 atom stereocenters. The highest BCUT2D eigenvalue weighted by atomic mass is 16.4. The van der Waals surface area contributed by atoms with Gasteiger partial charge >= 0.3 is 5.97 Å². The van der Waals surface area contributed by atoms with E-state index in [1.54, 1.807) is 0 Å². The van der Waals surface area contributed by atoms with E-state index >= 15 is 0 Å². The second-order valence-corrected chi connectivity index (χ2v) is 8.17. The summed E-state index contributed by atoms with van der Waals surface area (Å²) in [5.74, 6) is 3.36. The zero-order chi connectivity index (χ0) is 13.0. The molecule has 5 aliphatic carbocycles. The molecule has 0 saturated heterocycles. The Bertz CT molecular complexity index is 343. The molecule has 106 valence electrons. The number of hydrogen-bond donors (Lipinski definition) is 1. The summed E-state index contributed by atoms with van der Waals surface area (Å²) in [7, 11) is 0. The van der Waals surface area contributed by atoms with Crippen LogP contribution in [-0.4, -0.2) is 11.1 Å². The highest BCUT2D eigenvalue weighted by molar-refractivity contribution is 5.70. The summed E-state index contributed by atoms with van der Waals surface area (Å²) >= 11 is 0. The average molecular weight is 262 g/mol. The van der Waals surface area contributed by atoms with Gasteiger partial charge in [0.1, 0.15) is 0 Å². The van der Waals surface area contributed by atoms with Gasteiger partial charge in [-0.1, -0.05) is 0 Å². The van der Waals surface area contributed by atoms with E-state index in [0.29, 0.717) is 5.41 Å². The molecule has 0 radical (unpaired) electrons. The predicted molar refractivity (Wildman–Crippen MR) is 73.7 cm³/mol. The highest BCUT2D eigenvalue weighted by Crippen LogP contribution is 2.64. The normalized spacial score (nSPS) is 52.3. The Balaban J connectivity index is 1.49. The first-order valence-electron chi connectivity index (χ1n) is 8.37. The molecule has 2 heteroatoms. The van der Waals surface area contributed by atoms with Crippen molar-refractivity contribution >= 4 is 5.97 Å². The van der Waals surface area contributed by atoms with Gasteiger partial charge in [0.05, 0.1) is 5.92 Å². The molecule has 5 rings (SSSR count). The number of hydrogen-bond acceptors (Lipinski definition) is 1. The van der Waals surface area contributed by atoms with Crippen molar-refractivity contribution in [3.8, 4) is 0 Å². The Morgan fingerprint density at radius 1 is 0.842 bits per heavy atom. The lowest BCUT2D eigenvalue weighted by Crippen LogP contribution is -2.50. The third-order valence-electron chi connectivity index (χ3n) is 7.03. The van der Waals surface area contributed by atoms with Crippen LogP contribution in [0.25, 0.3) is 0 Å². The fourth-order valence-electron chi connectivity index (χ4n) is 6.63. The van der Waals surface area contributed by atoms with Gasteiger partial charge in [-0.25, -0.2) is 0 Å². The Labute approximate surface area is 116 Å². The van der Waals surface area contributed by atoms with Crippen LogP contribution in [-0.2, 0) is 4.79 Å². The van der Waals surface area contributed by atoms with Crippen LogP contribution in [0.3, 0.4) is 0 Å². The molecule has 0 heterocycles. The largest absolute Gasteiger partial charge is 0.481 e. The van der Waals surface area contributed by atoms with Gasteiger partial charge in [-0.05, 0) is 93.3 Å². The summed E-state index contributed by atoms with van der Waals surface area (Å²) in [6, 6.07) is 0. The predicted octanol–water partition coefficient (Wildman–Crippen LogP) is 4.09. The van der Waals surface area contributed by atoms with Gasteiger partial charge < -0.3 is 5.11 Å². The number of carbonyl (C=O) groups is 1. The molecule has 0 aromatic rings. The molecule has 0 amide bonds. The maximum atomic E-state index is 11.1. The monoisotopic (exact) mass is 262 g/mol. The lowest BCUT2D eigenvalue weighted by molar-refractivity contribution is -0.145. The van der Waals surface area contributed by atoms with E-state index in [4.69, 9.17) is 5.11 Å². The zero-order valence-electron chi connectivity index (χ0n) is 11.8. The van der Waals surface area contributed by atoms with Crippen molar-refractivity contribution in [3.05, 3.63) is 0 Å². The van der Waals surface area contributed by atoms with E-state index in [2.05, 4.69) is 0 Å². The van der Waals surface area contributed by atoms with E-state index in [1.807, 2.05) is 0 Å². The van der Waals surface area contributed by atoms with Gasteiger partial charge in [-0.3, -0.25) is 4.79 Å². The van der Waals surface area contributed by atoms with Crippen LogP contribution in [0.1, 0.15) is 64.2 Å². The number of carboxylic acids is 1. The number of carboxylic acid groups (broad SMARTS) is 1. The van der Waals surface area contributed by atoms with Gasteiger partial charge in [0.25, 0.3) is 0 Å². The maximum absolute atomic E-state index is 11.1. The van der Waals surface area contributed by atoms with Crippen LogP contribution in [0.5, 0.6) is 0 Å². The second kappa shape index (κ2) is 4.23. The molecule has 19 heavy (non-hydrogen) atoms. The number of rotatable bonds is 2. The third kappa shape index (κ3) is 1.94. The van der Waals surface area contributed by atoms with Crippen LogP contribution in [0.15, 0.2) is 0 Å². The molecule has 5 fully saturated rings. The van der Waals surface area contributed by atoms with Gasteiger partial charge in [0, 0.05) is 0 Å². The summed E-state index contributed by atoms with van der Waals surface area (Å²) < 4.78 is 0. The van der Waals surface area contributed by atoms with E-state index in [0.717, 1.165) is 36.5 Å². The summed E-state index contributed by atoms with van der Waals surface area (Å²) in [6.45, 7) is 0. The van der Waals surface area contributed by atoms with Gasteiger partial charge in [0.15, 0.2) is 0 Å². The van der Waals surface area contributed by atoms with Crippen molar-refractivity contribution in [1.29, 1.82) is 0 Å². The van der Waals surface area contributed by atoms with Crippen molar-refractivity contribution in [3.63, 3.8) is 0 Å². The zero-order valence-corrected chi connectivity index (χ0v) is 11.8. The molecule has 1 N–H and O–H groups in total. The molecular weight excluding hydrogens is 236 g/mol. The van der Waals surface area contributed by atoms with Crippen LogP contribution in [0, 0.1) is 35.0 Å². The van der Waals surface area contributed by atoms with Gasteiger partial charge in [-0.2, -0.15) is 0 Å². The molecule has 0 aliphatic heterocycles. The van der Waals surface area contributed by atoms with Crippen molar-refractivity contribution in [2.75, 3.05) is 0 Å². The summed E-state index contributed by atoms with van der Waals surface area (Å²) in [6.07, 6.45) is 13.3. The quantitative estimate of drug-likeness (QED) is 0.813. The van der Waals surface area contributed by atoms with Crippen LogP contribution < -0.4 is 0 Å². The molecule has 5 aliphatic rings. The summed E-state index contributed by atoms with van der Waals surface area (Å²) in [5, 5.41) is 9.16. The topological polar surface area (TPSA) is 37.3 Å². The Morgan fingerprint density at radius 2 is 1.32 bits per heavy atom. The Morgan fingerprint density at radius 3 is 1.74 bits per heavy atom. The Hall–Kier alpha value is -0.530. The van der Waals surface area contributed by atoms with Gasteiger partial charge in [-0.15, -0.1) is 0 Å². The minimum atomic E-state index is -0.552. The summed E-state index contributed by atoms with van der Waals surface area (Å²) in [4.78, 5) is 11.1. The molecule has 5 saturated carbocycles. The van der Waals surface area contributed by atoms with E-state index in [9.17, 15) is 4.79 Å². The Kier molecular flexibility index (Phi) is 2.72. The fraction of sp³-hybridized carbons (Fsp3) is 0.941. The molecule has 2 nitrogen and oxygen atoms in total. The maximum Gasteiger partial charge on any atom is 0.306 e. The van der Waals surface area contributed by atoms with Crippen LogP contribution in [0.4, 0.5) is 0 Å². The molecular formula is C17H26O2. The minimum absolute atomic E-state index is 0.0369. The van der Waals surface area contributed by atoms with Crippen molar-refractivity contribution in [1.82, 2.24) is 0 Å². The van der Waals surface area contributed by atoms with Crippen molar-refractivity contribution in [2.24, 2.45) is 35.0 Å². The van der Waals surface area contributed by atoms with Crippen molar-refractivity contribution in [2.45, 2.75) is 64.2 Å². The van der Waals surface area contributed by atoms with E-state index in [-0.39, 0.29) is 5.92 Å². The smallest absolute Gasteiger partial charge is 0.306 e. The third-order valence-corrected chi connectivity index (χ3v) is 7.03. The minimum Gasteiger partial charge on any atom is -0.481 e. The number of aliphatic carboxylic acids is 1. The van der Waals surface area contributed by atoms with Gasteiger partial charge in [0.2, 0.25) is 0 Å². The van der Waals surface area contributed by atoms with Crippen LogP contribution in [0.2, 0.25) is 0 Å². The first-order chi connectivity index (χ1) is 9.14. The van der Waals surface area contributed by atoms with E-state index in [1.165, 1.54) is 51.4 Å². The first kappa shape index (κ1) is 12.2. The summed E-state index contributed by atoms with van der Waals surface area (Å²) in [5.41, 5.74) is 0.651.